The maximum absolute atomic E-state index is 11.8. The topological polar surface area (TPSA) is 43.1 Å². The predicted molar refractivity (Wildman–Crippen MR) is 51.1 cm³/mol. The van der Waals surface area contributed by atoms with Crippen molar-refractivity contribution >= 4 is 5.78 Å². The van der Waals surface area contributed by atoms with E-state index in [0.29, 0.717) is 16.9 Å². The van der Waals surface area contributed by atoms with Gasteiger partial charge in [-0.3, -0.25) is 4.79 Å². The molecule has 0 aliphatic carbocycles. The number of aryl methyl sites for hydroxylation is 1. The van der Waals surface area contributed by atoms with Crippen molar-refractivity contribution in [2.45, 2.75) is 6.92 Å². The van der Waals surface area contributed by atoms with E-state index in [9.17, 15) is 4.79 Å². The minimum absolute atomic E-state index is 0.0515. The third kappa shape index (κ3) is 1.44. The van der Waals surface area contributed by atoms with Gasteiger partial charge in [-0.15, -0.1) is 0 Å². The van der Waals surface area contributed by atoms with Gasteiger partial charge < -0.3 is 4.52 Å². The van der Waals surface area contributed by atoms with E-state index in [-0.39, 0.29) is 5.78 Å². The second-order valence-corrected chi connectivity index (χ2v) is 2.99. The second-order valence-electron chi connectivity index (χ2n) is 2.99. The normalized spacial score (nSPS) is 10.1. The van der Waals surface area contributed by atoms with Gasteiger partial charge in [-0.2, -0.15) is 0 Å². The van der Waals surface area contributed by atoms with Crippen LogP contribution in [0.4, 0.5) is 0 Å². The van der Waals surface area contributed by atoms with Gasteiger partial charge in [-0.1, -0.05) is 35.5 Å². The highest BCUT2D eigenvalue weighted by Crippen LogP contribution is 2.12. The molecule has 0 radical (unpaired) electrons. The monoisotopic (exact) mass is 187 g/mol. The van der Waals surface area contributed by atoms with Gasteiger partial charge in [0.1, 0.15) is 5.76 Å². The van der Waals surface area contributed by atoms with Crippen LogP contribution in [-0.2, 0) is 0 Å². The fourth-order valence-corrected chi connectivity index (χ4v) is 1.26. The molecule has 0 bridgehead atoms. The molecule has 2 aromatic rings. The Hall–Kier alpha value is -1.90. The summed E-state index contributed by atoms with van der Waals surface area (Å²) in [6.07, 6.45) is 1.45. The molecule has 70 valence electrons. The van der Waals surface area contributed by atoms with E-state index in [1.165, 1.54) is 6.20 Å². The van der Waals surface area contributed by atoms with Crippen molar-refractivity contribution in [3.8, 4) is 0 Å². The number of aromatic nitrogens is 1. The Bertz CT molecular complexity index is 445. The summed E-state index contributed by atoms with van der Waals surface area (Å²) in [7, 11) is 0. The summed E-state index contributed by atoms with van der Waals surface area (Å²) < 4.78 is 4.84. The van der Waals surface area contributed by atoms with Crippen LogP contribution in [0.3, 0.4) is 0 Å². The van der Waals surface area contributed by atoms with Crippen LogP contribution in [0.25, 0.3) is 0 Å². The van der Waals surface area contributed by atoms with E-state index >= 15 is 0 Å². The maximum Gasteiger partial charge on any atom is 0.198 e. The van der Waals surface area contributed by atoms with Crippen LogP contribution in [0.15, 0.2) is 41.1 Å². The highest BCUT2D eigenvalue weighted by Gasteiger charge is 2.13. The average molecular weight is 187 g/mol. The maximum atomic E-state index is 11.8. The average Bonchev–Trinajstić information content (AvgIpc) is 2.65. The fourth-order valence-electron chi connectivity index (χ4n) is 1.26. The van der Waals surface area contributed by atoms with Crippen LogP contribution in [-0.4, -0.2) is 10.9 Å². The molecular formula is C11H9NO2. The van der Waals surface area contributed by atoms with Crippen molar-refractivity contribution < 1.29 is 9.32 Å². The van der Waals surface area contributed by atoms with Crippen LogP contribution in [0, 0.1) is 6.92 Å². The molecule has 0 unspecified atom stereocenters. The zero-order valence-corrected chi connectivity index (χ0v) is 7.73. The highest BCUT2D eigenvalue weighted by atomic mass is 16.5. The first-order chi connectivity index (χ1) is 6.79. The van der Waals surface area contributed by atoms with Crippen LogP contribution >= 0.6 is 0 Å². The zero-order chi connectivity index (χ0) is 9.97. The molecule has 0 fully saturated rings. The number of hydrogen-bond donors (Lipinski definition) is 0. The Labute approximate surface area is 81.3 Å². The van der Waals surface area contributed by atoms with Gasteiger partial charge in [0, 0.05) is 5.56 Å². The van der Waals surface area contributed by atoms with Crippen LogP contribution in [0.5, 0.6) is 0 Å². The Morgan fingerprint density at radius 1 is 1.29 bits per heavy atom. The molecule has 3 heteroatoms. The minimum atomic E-state index is -0.0515. The first-order valence-corrected chi connectivity index (χ1v) is 4.30. The van der Waals surface area contributed by atoms with E-state index in [4.69, 9.17) is 4.52 Å². The number of carbonyl (C=O) groups excluding carboxylic acids is 1. The van der Waals surface area contributed by atoms with E-state index in [0.717, 1.165) is 0 Å². The number of nitrogens with zero attached hydrogens (tertiary/aromatic N) is 1. The molecule has 1 heterocycles. The lowest BCUT2D eigenvalue weighted by Crippen LogP contribution is -2.00. The first-order valence-electron chi connectivity index (χ1n) is 4.30. The third-order valence-corrected chi connectivity index (χ3v) is 2.03. The summed E-state index contributed by atoms with van der Waals surface area (Å²) in [6.45, 7) is 1.73. The van der Waals surface area contributed by atoms with Crippen LogP contribution in [0.1, 0.15) is 21.7 Å². The molecule has 0 aliphatic rings. The van der Waals surface area contributed by atoms with Crippen molar-refractivity contribution in [3.63, 3.8) is 0 Å². The lowest BCUT2D eigenvalue weighted by atomic mass is 10.1. The third-order valence-electron chi connectivity index (χ3n) is 2.03. The smallest absolute Gasteiger partial charge is 0.198 e. The molecule has 0 saturated carbocycles. The minimum Gasteiger partial charge on any atom is -0.361 e. The lowest BCUT2D eigenvalue weighted by Gasteiger charge is -1.96. The largest absolute Gasteiger partial charge is 0.361 e. The van der Waals surface area contributed by atoms with Crippen molar-refractivity contribution in [2.24, 2.45) is 0 Å². The molecule has 2 rings (SSSR count). The molecule has 0 spiro atoms. The Kier molecular flexibility index (Phi) is 2.14. The summed E-state index contributed by atoms with van der Waals surface area (Å²) >= 11 is 0. The summed E-state index contributed by atoms with van der Waals surface area (Å²) in [5.74, 6) is 0.503. The molecule has 0 saturated heterocycles. The number of ketones is 1. The molecule has 1 aromatic heterocycles. The Morgan fingerprint density at radius 2 is 2.00 bits per heavy atom. The summed E-state index contributed by atoms with van der Waals surface area (Å²) in [5, 5.41) is 3.57. The van der Waals surface area contributed by atoms with E-state index in [2.05, 4.69) is 5.16 Å². The zero-order valence-electron chi connectivity index (χ0n) is 7.73. The van der Waals surface area contributed by atoms with E-state index in [1.54, 1.807) is 19.1 Å². The van der Waals surface area contributed by atoms with Crippen molar-refractivity contribution in [1.82, 2.24) is 5.16 Å². The van der Waals surface area contributed by atoms with Gasteiger partial charge in [0.15, 0.2) is 5.78 Å². The predicted octanol–water partition coefficient (Wildman–Crippen LogP) is 2.21. The molecule has 0 aliphatic heterocycles. The summed E-state index contributed by atoms with van der Waals surface area (Å²) in [4.78, 5) is 11.8. The molecule has 14 heavy (non-hydrogen) atoms. The van der Waals surface area contributed by atoms with Gasteiger partial charge in [0.25, 0.3) is 0 Å². The summed E-state index contributed by atoms with van der Waals surface area (Å²) in [5.41, 5.74) is 1.18. The van der Waals surface area contributed by atoms with E-state index in [1.807, 2.05) is 18.2 Å². The van der Waals surface area contributed by atoms with Gasteiger partial charge >= 0.3 is 0 Å². The second kappa shape index (κ2) is 3.46. The van der Waals surface area contributed by atoms with Crippen LogP contribution in [0.2, 0.25) is 0 Å². The number of rotatable bonds is 2. The van der Waals surface area contributed by atoms with Gasteiger partial charge in [-0.25, -0.2) is 0 Å². The Morgan fingerprint density at radius 3 is 2.57 bits per heavy atom. The Balaban J connectivity index is 2.39. The molecule has 0 N–H and O–H groups in total. The van der Waals surface area contributed by atoms with E-state index < -0.39 is 0 Å². The SMILES string of the molecule is Cc1oncc1C(=O)c1ccccc1. The summed E-state index contributed by atoms with van der Waals surface area (Å²) in [6, 6.07) is 9.08. The van der Waals surface area contributed by atoms with Gasteiger partial charge in [0.2, 0.25) is 0 Å². The molecule has 0 atom stereocenters. The standard InChI is InChI=1S/C11H9NO2/c1-8-10(7-12-14-8)11(13)9-5-3-2-4-6-9/h2-7H,1H3. The first kappa shape index (κ1) is 8.69. The quantitative estimate of drug-likeness (QED) is 0.677. The fraction of sp³-hybridized carbons (Fsp3) is 0.0909. The highest BCUT2D eigenvalue weighted by molar-refractivity contribution is 6.09. The van der Waals surface area contributed by atoms with Gasteiger partial charge in [0.05, 0.1) is 11.8 Å². The molecule has 3 nitrogen and oxygen atoms in total. The van der Waals surface area contributed by atoms with Crippen molar-refractivity contribution in [1.29, 1.82) is 0 Å². The van der Waals surface area contributed by atoms with Crippen molar-refractivity contribution in [2.75, 3.05) is 0 Å². The molecule has 1 aromatic carbocycles. The van der Waals surface area contributed by atoms with Gasteiger partial charge in [-0.05, 0) is 6.92 Å². The number of carbonyl (C=O) groups is 1. The number of benzene rings is 1. The van der Waals surface area contributed by atoms with Crippen molar-refractivity contribution in [3.05, 3.63) is 53.4 Å². The molecule has 0 amide bonds. The molecular weight excluding hydrogens is 178 g/mol. The van der Waals surface area contributed by atoms with Crippen LogP contribution < -0.4 is 0 Å². The lowest BCUT2D eigenvalue weighted by molar-refractivity contribution is 0.103. The number of hydrogen-bond acceptors (Lipinski definition) is 3.